The zero-order valence-electron chi connectivity index (χ0n) is 10.2. The van der Waals surface area contributed by atoms with Gasteiger partial charge in [-0.2, -0.15) is 0 Å². The van der Waals surface area contributed by atoms with Crippen LogP contribution >= 0.6 is 11.6 Å². The number of amides is 1. The summed E-state index contributed by atoms with van der Waals surface area (Å²) in [6.45, 7) is 3.90. The van der Waals surface area contributed by atoms with Crippen LogP contribution in [0.1, 0.15) is 38.3 Å². The highest BCUT2D eigenvalue weighted by Gasteiger charge is 2.12. The first-order valence-electron chi connectivity index (χ1n) is 5.83. The fraction of sp³-hybridized carbons (Fsp3) is 0.462. The van der Waals surface area contributed by atoms with E-state index in [2.05, 4.69) is 5.32 Å². The molecule has 1 amide bonds. The summed E-state index contributed by atoms with van der Waals surface area (Å²) in [5.41, 5.74) is 6.73. The second kappa shape index (κ2) is 6.62. The van der Waals surface area contributed by atoms with Gasteiger partial charge in [0.2, 0.25) is 5.91 Å². The van der Waals surface area contributed by atoms with Crippen LogP contribution in [-0.4, -0.2) is 11.9 Å². The van der Waals surface area contributed by atoms with Crippen molar-refractivity contribution in [2.24, 2.45) is 5.73 Å². The van der Waals surface area contributed by atoms with Gasteiger partial charge < -0.3 is 11.1 Å². The number of carbonyl (C=O) groups excluding carboxylic acids is 1. The highest BCUT2D eigenvalue weighted by molar-refractivity contribution is 6.30. The van der Waals surface area contributed by atoms with Crippen molar-refractivity contribution in [2.75, 3.05) is 0 Å². The summed E-state index contributed by atoms with van der Waals surface area (Å²) in [5, 5.41) is 3.59. The van der Waals surface area contributed by atoms with E-state index in [1.807, 2.05) is 38.1 Å². The lowest BCUT2D eigenvalue weighted by Gasteiger charge is -2.16. The topological polar surface area (TPSA) is 55.1 Å². The first kappa shape index (κ1) is 14.0. The minimum Gasteiger partial charge on any atom is -0.350 e. The number of halogens is 1. The first-order chi connectivity index (χ1) is 8.02. The van der Waals surface area contributed by atoms with Crippen LogP contribution in [0.2, 0.25) is 5.02 Å². The molecule has 0 saturated carbocycles. The van der Waals surface area contributed by atoms with E-state index in [0.29, 0.717) is 11.4 Å². The smallest absolute Gasteiger partial charge is 0.222 e. The summed E-state index contributed by atoms with van der Waals surface area (Å²) in [6.07, 6.45) is 1.17. The van der Waals surface area contributed by atoms with Gasteiger partial charge in [-0.15, -0.1) is 0 Å². The lowest BCUT2D eigenvalue weighted by molar-refractivity contribution is -0.122. The van der Waals surface area contributed by atoms with Crippen LogP contribution in [0.25, 0.3) is 0 Å². The van der Waals surface area contributed by atoms with Crippen molar-refractivity contribution >= 4 is 17.5 Å². The van der Waals surface area contributed by atoms with E-state index in [0.717, 1.165) is 12.0 Å². The van der Waals surface area contributed by atoms with Crippen LogP contribution in [-0.2, 0) is 4.79 Å². The fourth-order valence-corrected chi connectivity index (χ4v) is 1.74. The Morgan fingerprint density at radius 3 is 2.82 bits per heavy atom. The zero-order valence-corrected chi connectivity index (χ0v) is 11.0. The van der Waals surface area contributed by atoms with Crippen molar-refractivity contribution in [3.8, 4) is 0 Å². The van der Waals surface area contributed by atoms with E-state index >= 15 is 0 Å². The van der Waals surface area contributed by atoms with Crippen molar-refractivity contribution in [3.63, 3.8) is 0 Å². The summed E-state index contributed by atoms with van der Waals surface area (Å²) in [5.74, 6) is -0.0215. The molecule has 1 aromatic rings. The van der Waals surface area contributed by atoms with Crippen LogP contribution in [0.3, 0.4) is 0 Å². The van der Waals surface area contributed by atoms with Gasteiger partial charge in [0.1, 0.15) is 0 Å². The summed E-state index contributed by atoms with van der Waals surface area (Å²) < 4.78 is 0. The maximum Gasteiger partial charge on any atom is 0.222 e. The summed E-state index contributed by atoms with van der Waals surface area (Å²) >= 11 is 5.90. The Labute approximate surface area is 107 Å². The molecule has 0 fully saturated rings. The molecule has 0 aromatic heterocycles. The van der Waals surface area contributed by atoms with Crippen molar-refractivity contribution in [1.29, 1.82) is 0 Å². The van der Waals surface area contributed by atoms with E-state index in [1.165, 1.54) is 0 Å². The quantitative estimate of drug-likeness (QED) is 0.849. The average Bonchev–Trinajstić information content (AvgIpc) is 2.28. The van der Waals surface area contributed by atoms with Crippen molar-refractivity contribution in [1.82, 2.24) is 5.32 Å². The highest BCUT2D eigenvalue weighted by atomic mass is 35.5. The molecule has 0 saturated heterocycles. The number of carbonyl (C=O) groups is 1. The highest BCUT2D eigenvalue weighted by Crippen LogP contribution is 2.17. The molecule has 0 aliphatic heterocycles. The number of hydrogen-bond acceptors (Lipinski definition) is 2. The second-order valence-electron chi connectivity index (χ2n) is 4.22. The van der Waals surface area contributed by atoms with Crippen LogP contribution in [0.4, 0.5) is 0 Å². The Morgan fingerprint density at radius 2 is 2.24 bits per heavy atom. The Hall–Kier alpha value is -1.06. The third kappa shape index (κ3) is 4.75. The summed E-state index contributed by atoms with van der Waals surface area (Å²) in [4.78, 5) is 11.7. The average molecular weight is 255 g/mol. The lowest BCUT2D eigenvalue weighted by atomic mass is 10.1. The van der Waals surface area contributed by atoms with Gasteiger partial charge in [0.25, 0.3) is 0 Å². The summed E-state index contributed by atoms with van der Waals surface area (Å²) in [7, 11) is 0. The van der Waals surface area contributed by atoms with Gasteiger partial charge in [0, 0.05) is 17.5 Å². The van der Waals surface area contributed by atoms with Crippen LogP contribution < -0.4 is 11.1 Å². The maximum atomic E-state index is 11.7. The van der Waals surface area contributed by atoms with E-state index in [-0.39, 0.29) is 18.0 Å². The SMILES string of the molecule is CCC(N)CC(=O)N[C@H](C)c1cccc(Cl)c1. The predicted molar refractivity (Wildman–Crippen MR) is 70.9 cm³/mol. The third-order valence-electron chi connectivity index (χ3n) is 2.70. The molecule has 1 rings (SSSR count). The minimum absolute atomic E-state index is 0.0215. The molecule has 1 unspecified atom stereocenters. The van der Waals surface area contributed by atoms with Gasteiger partial charge in [0.15, 0.2) is 0 Å². The molecule has 0 aliphatic carbocycles. The van der Waals surface area contributed by atoms with Gasteiger partial charge >= 0.3 is 0 Å². The molecular formula is C13H19ClN2O. The van der Waals surface area contributed by atoms with E-state index in [4.69, 9.17) is 17.3 Å². The van der Waals surface area contributed by atoms with Crippen molar-refractivity contribution < 1.29 is 4.79 Å². The van der Waals surface area contributed by atoms with Gasteiger partial charge in [-0.3, -0.25) is 4.79 Å². The normalized spacial score (nSPS) is 14.1. The van der Waals surface area contributed by atoms with Gasteiger partial charge in [-0.1, -0.05) is 30.7 Å². The van der Waals surface area contributed by atoms with E-state index in [9.17, 15) is 4.79 Å². The van der Waals surface area contributed by atoms with E-state index in [1.54, 1.807) is 0 Å². The van der Waals surface area contributed by atoms with Crippen LogP contribution in [0.5, 0.6) is 0 Å². The van der Waals surface area contributed by atoms with E-state index < -0.39 is 0 Å². The van der Waals surface area contributed by atoms with Gasteiger partial charge in [0.05, 0.1) is 6.04 Å². The molecular weight excluding hydrogens is 236 g/mol. The molecule has 3 N–H and O–H groups in total. The van der Waals surface area contributed by atoms with Crippen LogP contribution in [0, 0.1) is 0 Å². The predicted octanol–water partition coefficient (Wildman–Crippen LogP) is 2.64. The van der Waals surface area contributed by atoms with Crippen molar-refractivity contribution in [3.05, 3.63) is 34.9 Å². The number of hydrogen-bond donors (Lipinski definition) is 2. The molecule has 94 valence electrons. The number of benzene rings is 1. The molecule has 1 aromatic carbocycles. The molecule has 0 heterocycles. The van der Waals surface area contributed by atoms with Crippen LogP contribution in [0.15, 0.2) is 24.3 Å². The minimum atomic E-state index is -0.0680. The Morgan fingerprint density at radius 1 is 1.53 bits per heavy atom. The molecule has 2 atom stereocenters. The molecule has 3 nitrogen and oxygen atoms in total. The molecule has 0 aliphatic rings. The number of nitrogens with two attached hydrogens (primary N) is 1. The molecule has 4 heteroatoms. The Bertz CT molecular complexity index is 381. The molecule has 0 bridgehead atoms. The number of rotatable bonds is 5. The Balaban J connectivity index is 2.54. The molecule has 0 radical (unpaired) electrons. The zero-order chi connectivity index (χ0) is 12.8. The maximum absolute atomic E-state index is 11.7. The van der Waals surface area contributed by atoms with Gasteiger partial charge in [-0.25, -0.2) is 0 Å². The molecule has 17 heavy (non-hydrogen) atoms. The largest absolute Gasteiger partial charge is 0.350 e. The lowest BCUT2D eigenvalue weighted by Crippen LogP contribution is -2.32. The second-order valence-corrected chi connectivity index (χ2v) is 4.65. The van der Waals surface area contributed by atoms with Gasteiger partial charge in [-0.05, 0) is 31.0 Å². The monoisotopic (exact) mass is 254 g/mol. The summed E-state index contributed by atoms with van der Waals surface area (Å²) in [6, 6.07) is 7.36. The fourth-order valence-electron chi connectivity index (χ4n) is 1.54. The number of nitrogens with one attached hydrogen (secondary N) is 1. The Kier molecular flexibility index (Phi) is 5.45. The molecule has 0 spiro atoms. The first-order valence-corrected chi connectivity index (χ1v) is 6.21. The third-order valence-corrected chi connectivity index (χ3v) is 2.93. The standard InChI is InChI=1S/C13H19ClN2O/c1-3-12(15)8-13(17)16-9(2)10-5-4-6-11(14)7-10/h4-7,9,12H,3,8,15H2,1-2H3,(H,16,17)/t9-,12?/m1/s1. The van der Waals surface area contributed by atoms with Crippen molar-refractivity contribution in [2.45, 2.75) is 38.8 Å².